The van der Waals surface area contributed by atoms with E-state index in [2.05, 4.69) is 37.2 Å². The number of nitrogens with one attached hydrogen (secondary N) is 1. The van der Waals surface area contributed by atoms with Gasteiger partial charge < -0.3 is 10.1 Å². The molecule has 2 unspecified atom stereocenters. The highest BCUT2D eigenvalue weighted by Gasteiger charge is 2.26. The summed E-state index contributed by atoms with van der Waals surface area (Å²) >= 11 is 0. The second-order valence-corrected chi connectivity index (χ2v) is 5.78. The summed E-state index contributed by atoms with van der Waals surface area (Å²) in [5, 5.41) is 11.3. The zero-order chi connectivity index (χ0) is 12.7. The molecular weight excluding hydrogens is 222 g/mol. The fourth-order valence-electron chi connectivity index (χ4n) is 3.44. The van der Waals surface area contributed by atoms with Gasteiger partial charge in [0.1, 0.15) is 0 Å². The summed E-state index contributed by atoms with van der Waals surface area (Å²) in [5.41, 5.74) is 5.24. The minimum Gasteiger partial charge on any atom is -0.393 e. The highest BCUT2D eigenvalue weighted by Crippen LogP contribution is 2.32. The highest BCUT2D eigenvalue weighted by molar-refractivity contribution is 5.87. The minimum absolute atomic E-state index is 0.0966. The molecule has 1 aliphatic carbocycles. The molecule has 1 aromatic heterocycles. The fourth-order valence-corrected chi connectivity index (χ4v) is 3.44. The summed E-state index contributed by atoms with van der Waals surface area (Å²) in [7, 11) is 0. The molecule has 2 N–H and O–H groups in total. The summed E-state index contributed by atoms with van der Waals surface area (Å²) in [5.74, 6) is 0.449. The van der Waals surface area contributed by atoms with Gasteiger partial charge in [-0.1, -0.05) is 12.5 Å². The Morgan fingerprint density at radius 3 is 2.83 bits per heavy atom. The third-order valence-corrected chi connectivity index (χ3v) is 4.30. The summed E-state index contributed by atoms with van der Waals surface area (Å²) < 4.78 is 0. The van der Waals surface area contributed by atoms with Crippen molar-refractivity contribution in [1.29, 1.82) is 0 Å². The first-order valence-corrected chi connectivity index (χ1v) is 6.90. The van der Waals surface area contributed by atoms with Crippen molar-refractivity contribution in [2.24, 2.45) is 5.92 Å². The van der Waals surface area contributed by atoms with Gasteiger partial charge in [-0.3, -0.25) is 0 Å². The van der Waals surface area contributed by atoms with Gasteiger partial charge in [0, 0.05) is 17.1 Å². The molecule has 0 amide bonds. The number of H-pyrrole nitrogens is 1. The number of rotatable bonds is 2. The molecule has 0 saturated heterocycles. The smallest absolute Gasteiger partial charge is 0.0571 e. The summed E-state index contributed by atoms with van der Waals surface area (Å²) in [6, 6.07) is 4.45. The van der Waals surface area contributed by atoms with E-state index in [0.29, 0.717) is 5.92 Å². The van der Waals surface area contributed by atoms with Gasteiger partial charge >= 0.3 is 0 Å². The topological polar surface area (TPSA) is 36.0 Å². The zero-order valence-electron chi connectivity index (χ0n) is 11.2. The predicted octanol–water partition coefficient (Wildman–Crippen LogP) is 3.49. The second-order valence-electron chi connectivity index (χ2n) is 5.78. The first-order valence-electron chi connectivity index (χ1n) is 6.90. The first kappa shape index (κ1) is 11.8. The molecule has 1 aromatic carbocycles. The van der Waals surface area contributed by atoms with Gasteiger partial charge in [-0.05, 0) is 61.8 Å². The third kappa shape index (κ3) is 1.95. The van der Waals surface area contributed by atoms with Gasteiger partial charge in [0.2, 0.25) is 0 Å². The van der Waals surface area contributed by atoms with Crippen LogP contribution in [0.15, 0.2) is 18.3 Å². The molecule has 0 bridgehead atoms. The van der Waals surface area contributed by atoms with Crippen LogP contribution in [0.4, 0.5) is 0 Å². The van der Waals surface area contributed by atoms with Crippen molar-refractivity contribution < 1.29 is 5.11 Å². The van der Waals surface area contributed by atoms with Crippen molar-refractivity contribution in [3.63, 3.8) is 0 Å². The monoisotopic (exact) mass is 243 g/mol. The van der Waals surface area contributed by atoms with E-state index >= 15 is 0 Å². The van der Waals surface area contributed by atoms with Crippen LogP contribution in [0.5, 0.6) is 0 Å². The van der Waals surface area contributed by atoms with Crippen LogP contribution in [0.3, 0.4) is 0 Å². The summed E-state index contributed by atoms with van der Waals surface area (Å²) in [6.45, 7) is 4.31. The Labute approximate surface area is 108 Å². The number of aryl methyl sites for hydroxylation is 2. The number of benzene rings is 1. The number of aliphatic hydroxyl groups is 1. The van der Waals surface area contributed by atoms with Gasteiger partial charge in [-0.2, -0.15) is 0 Å². The molecule has 18 heavy (non-hydrogen) atoms. The largest absolute Gasteiger partial charge is 0.393 e. The first-order chi connectivity index (χ1) is 8.65. The maximum atomic E-state index is 9.96. The average Bonchev–Trinajstić information content (AvgIpc) is 2.87. The van der Waals surface area contributed by atoms with Crippen molar-refractivity contribution in [3.05, 3.63) is 35.0 Å². The average molecular weight is 243 g/mol. The van der Waals surface area contributed by atoms with Crippen molar-refractivity contribution in [2.45, 2.75) is 45.6 Å². The van der Waals surface area contributed by atoms with Crippen LogP contribution in [-0.4, -0.2) is 16.2 Å². The van der Waals surface area contributed by atoms with E-state index in [0.717, 1.165) is 12.8 Å². The van der Waals surface area contributed by atoms with Gasteiger partial charge in [-0.25, -0.2) is 0 Å². The number of aromatic nitrogens is 1. The Kier molecular flexibility index (Phi) is 2.90. The van der Waals surface area contributed by atoms with Crippen LogP contribution in [0.2, 0.25) is 0 Å². The highest BCUT2D eigenvalue weighted by atomic mass is 16.3. The van der Waals surface area contributed by atoms with E-state index in [-0.39, 0.29) is 6.10 Å². The standard InChI is InChI=1S/C16H21NO/c1-10-6-11(2)16-13(9-17-14(16)7-10)8-12-4-3-5-15(12)18/h6-7,9,12,15,17-18H,3-5,8H2,1-2H3. The summed E-state index contributed by atoms with van der Waals surface area (Å²) in [4.78, 5) is 3.38. The number of aliphatic hydroxyl groups excluding tert-OH is 1. The van der Waals surface area contributed by atoms with Crippen LogP contribution >= 0.6 is 0 Å². The Hall–Kier alpha value is -1.28. The molecule has 2 atom stereocenters. The van der Waals surface area contributed by atoms with Crippen molar-refractivity contribution >= 4 is 10.9 Å². The van der Waals surface area contributed by atoms with Crippen LogP contribution in [0.1, 0.15) is 36.0 Å². The van der Waals surface area contributed by atoms with E-state index in [1.165, 1.54) is 40.4 Å². The third-order valence-electron chi connectivity index (χ3n) is 4.30. The van der Waals surface area contributed by atoms with E-state index in [1.807, 2.05) is 0 Å². The molecule has 1 aliphatic rings. The second kappa shape index (κ2) is 4.43. The maximum absolute atomic E-state index is 9.96. The molecule has 0 aliphatic heterocycles. The van der Waals surface area contributed by atoms with E-state index < -0.39 is 0 Å². The number of fused-ring (bicyclic) bond motifs is 1. The molecule has 1 heterocycles. The Morgan fingerprint density at radius 2 is 2.11 bits per heavy atom. The van der Waals surface area contributed by atoms with Crippen LogP contribution in [-0.2, 0) is 6.42 Å². The van der Waals surface area contributed by atoms with Crippen molar-refractivity contribution in [1.82, 2.24) is 4.98 Å². The lowest BCUT2D eigenvalue weighted by molar-refractivity contribution is 0.133. The Morgan fingerprint density at radius 1 is 1.28 bits per heavy atom. The number of hydrogen-bond donors (Lipinski definition) is 2. The Balaban J connectivity index is 1.97. The Bertz CT molecular complexity index is 570. The molecule has 0 spiro atoms. The van der Waals surface area contributed by atoms with Crippen LogP contribution in [0.25, 0.3) is 10.9 Å². The van der Waals surface area contributed by atoms with Crippen LogP contribution in [0, 0.1) is 19.8 Å². The number of hydrogen-bond acceptors (Lipinski definition) is 1. The van der Waals surface area contributed by atoms with E-state index in [1.54, 1.807) is 0 Å². The van der Waals surface area contributed by atoms with Crippen LogP contribution < -0.4 is 0 Å². The molecule has 3 rings (SSSR count). The molecule has 2 nitrogen and oxygen atoms in total. The molecule has 2 aromatic rings. The molecular formula is C16H21NO. The molecule has 1 fully saturated rings. The molecule has 2 heteroatoms. The zero-order valence-corrected chi connectivity index (χ0v) is 11.2. The molecule has 96 valence electrons. The lowest BCUT2D eigenvalue weighted by Crippen LogP contribution is -2.15. The normalized spacial score (nSPS) is 23.9. The van der Waals surface area contributed by atoms with E-state index in [4.69, 9.17) is 0 Å². The lowest BCUT2D eigenvalue weighted by atomic mass is 9.94. The van der Waals surface area contributed by atoms with Gasteiger partial charge in [0.25, 0.3) is 0 Å². The van der Waals surface area contributed by atoms with Crippen molar-refractivity contribution in [3.8, 4) is 0 Å². The van der Waals surface area contributed by atoms with Crippen molar-refractivity contribution in [2.75, 3.05) is 0 Å². The lowest BCUT2D eigenvalue weighted by Gasteiger charge is -2.14. The predicted molar refractivity (Wildman–Crippen MR) is 74.8 cm³/mol. The van der Waals surface area contributed by atoms with E-state index in [9.17, 15) is 5.11 Å². The van der Waals surface area contributed by atoms with Gasteiger partial charge in [-0.15, -0.1) is 0 Å². The summed E-state index contributed by atoms with van der Waals surface area (Å²) in [6.07, 6.45) is 6.35. The minimum atomic E-state index is -0.0966. The SMILES string of the molecule is Cc1cc(C)c2c(CC3CCCC3O)c[nH]c2c1. The quantitative estimate of drug-likeness (QED) is 0.832. The van der Waals surface area contributed by atoms with Gasteiger partial charge in [0.05, 0.1) is 6.10 Å². The fraction of sp³-hybridized carbons (Fsp3) is 0.500. The van der Waals surface area contributed by atoms with Gasteiger partial charge in [0.15, 0.2) is 0 Å². The molecule has 0 radical (unpaired) electrons. The maximum Gasteiger partial charge on any atom is 0.0571 e. The molecule has 1 saturated carbocycles. The number of aromatic amines is 1.